The third kappa shape index (κ3) is 6.50. The highest BCUT2D eigenvalue weighted by atomic mass is 16.5. The number of esters is 1. The van der Waals surface area contributed by atoms with Gasteiger partial charge in [-0.3, -0.25) is 9.59 Å². The first-order chi connectivity index (χ1) is 13.0. The van der Waals surface area contributed by atoms with Gasteiger partial charge >= 0.3 is 5.97 Å². The molecule has 1 amide bonds. The van der Waals surface area contributed by atoms with E-state index < -0.39 is 18.5 Å². The average molecular weight is 374 g/mol. The van der Waals surface area contributed by atoms with Crippen LogP contribution in [-0.4, -0.2) is 49.0 Å². The van der Waals surface area contributed by atoms with Crippen molar-refractivity contribution < 1.29 is 28.6 Å². The van der Waals surface area contributed by atoms with E-state index in [1.807, 2.05) is 6.92 Å². The lowest BCUT2D eigenvalue weighted by Gasteiger charge is -2.09. The molecule has 0 saturated heterocycles. The summed E-state index contributed by atoms with van der Waals surface area (Å²) >= 11 is 0. The number of Topliss-reactive ketones (excluding diaryl/α,β-unsaturated/α-hetero) is 1. The molecule has 2 N–H and O–H groups in total. The molecular formula is C19H22N2O6. The molecule has 0 aliphatic carbocycles. The molecule has 0 fully saturated rings. The van der Waals surface area contributed by atoms with Gasteiger partial charge in [0, 0.05) is 11.8 Å². The maximum atomic E-state index is 11.8. The van der Waals surface area contributed by atoms with Gasteiger partial charge in [-0.25, -0.2) is 4.79 Å². The van der Waals surface area contributed by atoms with Crippen LogP contribution < -0.4 is 14.8 Å². The highest BCUT2D eigenvalue weighted by molar-refractivity contribution is 5.97. The van der Waals surface area contributed by atoms with Crippen molar-refractivity contribution in [2.45, 2.75) is 13.8 Å². The number of carbonyl (C=O) groups excluding carboxylic acids is 3. The Morgan fingerprint density at radius 2 is 1.74 bits per heavy atom. The van der Waals surface area contributed by atoms with E-state index in [4.69, 9.17) is 14.2 Å². The van der Waals surface area contributed by atoms with Gasteiger partial charge in [-0.15, -0.1) is 0 Å². The normalized spacial score (nSPS) is 10.1. The van der Waals surface area contributed by atoms with E-state index in [2.05, 4.69) is 10.3 Å². The summed E-state index contributed by atoms with van der Waals surface area (Å²) in [5, 5.41) is 2.58. The average Bonchev–Trinajstić information content (AvgIpc) is 3.15. The molecule has 1 heterocycles. The van der Waals surface area contributed by atoms with Crippen LogP contribution in [0.4, 0.5) is 0 Å². The lowest BCUT2D eigenvalue weighted by molar-refractivity contribution is -0.124. The SMILES string of the molecule is CCOc1ccc(OCCNC(=O)COC(=O)c2cc(C(C)=O)c[nH]2)cc1. The number of hydrogen-bond acceptors (Lipinski definition) is 6. The van der Waals surface area contributed by atoms with Crippen LogP contribution in [0.5, 0.6) is 11.5 Å². The standard InChI is InChI=1S/C19H22N2O6/c1-3-25-15-4-6-16(7-5-15)26-9-8-20-18(23)12-27-19(24)17-10-14(11-21-17)13(2)22/h4-7,10-11,21H,3,8-9,12H2,1-2H3,(H,20,23). The molecular weight excluding hydrogens is 352 g/mol. The number of aromatic amines is 1. The fourth-order valence-electron chi connectivity index (χ4n) is 2.13. The van der Waals surface area contributed by atoms with Crippen molar-refractivity contribution in [2.75, 3.05) is 26.4 Å². The maximum absolute atomic E-state index is 11.8. The molecule has 0 atom stereocenters. The van der Waals surface area contributed by atoms with Crippen molar-refractivity contribution in [2.24, 2.45) is 0 Å². The van der Waals surface area contributed by atoms with Crippen molar-refractivity contribution in [3.05, 3.63) is 47.8 Å². The van der Waals surface area contributed by atoms with Gasteiger partial charge in [0.1, 0.15) is 23.8 Å². The molecule has 0 aliphatic rings. The summed E-state index contributed by atoms with van der Waals surface area (Å²) in [5.74, 6) is 0.0976. The van der Waals surface area contributed by atoms with Crippen LogP contribution in [0.2, 0.25) is 0 Å². The first-order valence-electron chi connectivity index (χ1n) is 8.48. The van der Waals surface area contributed by atoms with Gasteiger partial charge in [0.15, 0.2) is 12.4 Å². The van der Waals surface area contributed by atoms with Crippen molar-refractivity contribution in [1.82, 2.24) is 10.3 Å². The van der Waals surface area contributed by atoms with Gasteiger partial charge in [0.25, 0.3) is 5.91 Å². The summed E-state index contributed by atoms with van der Waals surface area (Å²) in [6.07, 6.45) is 1.41. The smallest absolute Gasteiger partial charge is 0.355 e. The second-order valence-corrected chi connectivity index (χ2v) is 5.54. The van der Waals surface area contributed by atoms with E-state index >= 15 is 0 Å². The van der Waals surface area contributed by atoms with E-state index in [1.165, 1.54) is 19.2 Å². The fourth-order valence-corrected chi connectivity index (χ4v) is 2.13. The molecule has 2 rings (SSSR count). The van der Waals surface area contributed by atoms with Gasteiger partial charge in [-0.05, 0) is 44.2 Å². The quantitative estimate of drug-likeness (QED) is 0.374. The predicted molar refractivity (Wildman–Crippen MR) is 97.2 cm³/mol. The number of aromatic nitrogens is 1. The Kier molecular flexibility index (Phi) is 7.42. The molecule has 0 spiro atoms. The molecule has 0 unspecified atom stereocenters. The Labute approximate surface area is 156 Å². The zero-order chi connectivity index (χ0) is 19.6. The third-order valence-corrected chi connectivity index (χ3v) is 3.47. The molecule has 1 aromatic heterocycles. The number of benzene rings is 1. The Hall–Kier alpha value is -3.29. The first-order valence-corrected chi connectivity index (χ1v) is 8.48. The summed E-state index contributed by atoms with van der Waals surface area (Å²) < 4.78 is 15.7. The molecule has 27 heavy (non-hydrogen) atoms. The number of ketones is 1. The van der Waals surface area contributed by atoms with Gasteiger partial charge in [-0.1, -0.05) is 0 Å². The largest absolute Gasteiger partial charge is 0.494 e. The minimum Gasteiger partial charge on any atom is -0.494 e. The van der Waals surface area contributed by atoms with E-state index in [9.17, 15) is 14.4 Å². The highest BCUT2D eigenvalue weighted by Crippen LogP contribution is 2.17. The van der Waals surface area contributed by atoms with Crippen LogP contribution >= 0.6 is 0 Å². The number of carbonyl (C=O) groups is 3. The molecule has 144 valence electrons. The van der Waals surface area contributed by atoms with Crippen molar-refractivity contribution in [1.29, 1.82) is 0 Å². The lowest BCUT2D eigenvalue weighted by Crippen LogP contribution is -2.32. The third-order valence-electron chi connectivity index (χ3n) is 3.47. The van der Waals surface area contributed by atoms with Crippen LogP contribution in [0.15, 0.2) is 36.5 Å². The fraction of sp³-hybridized carbons (Fsp3) is 0.316. The van der Waals surface area contributed by atoms with Crippen LogP contribution in [0.3, 0.4) is 0 Å². The number of H-pyrrole nitrogens is 1. The molecule has 0 radical (unpaired) electrons. The summed E-state index contributed by atoms with van der Waals surface area (Å²) in [5.41, 5.74) is 0.490. The zero-order valence-corrected chi connectivity index (χ0v) is 15.2. The maximum Gasteiger partial charge on any atom is 0.355 e. The van der Waals surface area contributed by atoms with E-state index in [1.54, 1.807) is 24.3 Å². The lowest BCUT2D eigenvalue weighted by atomic mass is 10.2. The van der Waals surface area contributed by atoms with E-state index in [0.717, 1.165) is 5.75 Å². The van der Waals surface area contributed by atoms with Gasteiger partial charge in [0.05, 0.1) is 13.2 Å². The minimum absolute atomic E-state index is 0.117. The van der Waals surface area contributed by atoms with Crippen LogP contribution in [0.25, 0.3) is 0 Å². The second-order valence-electron chi connectivity index (χ2n) is 5.54. The summed E-state index contributed by atoms with van der Waals surface area (Å²) in [7, 11) is 0. The molecule has 8 nitrogen and oxygen atoms in total. The van der Waals surface area contributed by atoms with Gasteiger partial charge < -0.3 is 24.5 Å². The Morgan fingerprint density at radius 1 is 1.07 bits per heavy atom. The molecule has 8 heteroatoms. The first kappa shape index (κ1) is 20.0. The zero-order valence-electron chi connectivity index (χ0n) is 15.2. The van der Waals surface area contributed by atoms with Gasteiger partial charge in [0.2, 0.25) is 0 Å². The molecule has 0 aliphatic heterocycles. The number of amides is 1. The number of hydrogen-bond donors (Lipinski definition) is 2. The van der Waals surface area contributed by atoms with Gasteiger partial charge in [-0.2, -0.15) is 0 Å². The number of nitrogens with one attached hydrogen (secondary N) is 2. The van der Waals surface area contributed by atoms with Crippen molar-refractivity contribution in [3.63, 3.8) is 0 Å². The molecule has 0 saturated carbocycles. The second kappa shape index (κ2) is 10.0. The van der Waals surface area contributed by atoms with Crippen LogP contribution in [0.1, 0.15) is 34.7 Å². The minimum atomic E-state index is -0.705. The Bertz CT molecular complexity index is 782. The topological polar surface area (TPSA) is 107 Å². The Balaban J connectivity index is 1.64. The van der Waals surface area contributed by atoms with Crippen molar-refractivity contribution >= 4 is 17.7 Å². The Morgan fingerprint density at radius 3 is 2.33 bits per heavy atom. The summed E-state index contributed by atoms with van der Waals surface area (Å²) in [4.78, 5) is 37.3. The van der Waals surface area contributed by atoms with Crippen molar-refractivity contribution in [3.8, 4) is 11.5 Å². The summed E-state index contributed by atoms with van der Waals surface area (Å²) in [6.45, 7) is 4.01. The van der Waals surface area contributed by atoms with E-state index in [0.29, 0.717) is 17.9 Å². The molecule has 2 aromatic rings. The molecule has 1 aromatic carbocycles. The van der Waals surface area contributed by atoms with E-state index in [-0.39, 0.29) is 24.6 Å². The monoisotopic (exact) mass is 374 g/mol. The van der Waals surface area contributed by atoms with Crippen LogP contribution in [0, 0.1) is 0 Å². The highest BCUT2D eigenvalue weighted by Gasteiger charge is 2.13. The number of ether oxygens (including phenoxy) is 3. The predicted octanol–water partition coefficient (Wildman–Crippen LogP) is 1.97. The summed E-state index contributed by atoms with van der Waals surface area (Å²) in [6, 6.07) is 8.54. The molecule has 0 bridgehead atoms. The number of rotatable bonds is 10. The van der Waals surface area contributed by atoms with Crippen LogP contribution in [-0.2, 0) is 9.53 Å².